The second-order valence-electron chi connectivity index (χ2n) is 31.2. The molecular weight excluding hydrogens is 1200 g/mol. The summed E-state index contributed by atoms with van der Waals surface area (Å²) in [6.07, 6.45) is 23.7. The third kappa shape index (κ3) is 12.8. The number of hydrogen-bond donors (Lipinski definition) is 4. The fourth-order valence-electron chi connectivity index (χ4n) is 14.1. The van der Waals surface area contributed by atoms with Gasteiger partial charge in [-0.05, 0) is 213 Å². The molecule has 0 fully saturated rings. The molecule has 24 bridgehead atoms. The van der Waals surface area contributed by atoms with Gasteiger partial charge >= 0.3 is 0 Å². The number of hydrogen-bond acceptors (Lipinski definition) is 6. The number of rotatable bonds is 2. The zero-order chi connectivity index (χ0) is 67.8. The van der Waals surface area contributed by atoms with Crippen molar-refractivity contribution >= 4 is 92.7 Å². The van der Waals surface area contributed by atoms with Crippen molar-refractivity contribution in [3.05, 3.63) is 213 Å². The molecule has 0 spiro atoms. The normalized spacial score (nSPS) is 14.4. The number of aromatic nitrogens is 8. The van der Waals surface area contributed by atoms with Crippen LogP contribution in [0.1, 0.15) is 189 Å². The zero-order valence-electron chi connectivity index (χ0n) is 58.7. The molecular formula is C88H88N8O2. The van der Waals surface area contributed by atoms with Gasteiger partial charge in [-0.15, -0.1) is 0 Å². The smallest absolute Gasteiger partial charge is 0.119 e. The lowest BCUT2D eigenvalue weighted by Crippen LogP contribution is -2.16. The molecule has 15 rings (SSSR count). The van der Waals surface area contributed by atoms with Gasteiger partial charge in [0.2, 0.25) is 0 Å². The summed E-state index contributed by atoms with van der Waals surface area (Å²) in [5.74, 6) is 1.64. The molecule has 10 heteroatoms. The zero-order valence-corrected chi connectivity index (χ0v) is 58.7. The summed E-state index contributed by atoms with van der Waals surface area (Å²) >= 11 is 0. The van der Waals surface area contributed by atoms with Crippen molar-refractivity contribution in [2.45, 2.75) is 143 Å². The van der Waals surface area contributed by atoms with Crippen LogP contribution in [0.2, 0.25) is 0 Å². The summed E-state index contributed by atoms with van der Waals surface area (Å²) < 4.78 is 13.2. The van der Waals surface area contributed by atoms with Crippen molar-refractivity contribution in [1.82, 2.24) is 39.9 Å². The lowest BCUT2D eigenvalue weighted by molar-refractivity contribution is 0.297. The Morgan fingerprint density at radius 1 is 0.276 bits per heavy atom. The van der Waals surface area contributed by atoms with Crippen molar-refractivity contribution in [3.8, 4) is 67.1 Å². The predicted octanol–water partition coefficient (Wildman–Crippen LogP) is 23.3. The molecule has 0 saturated heterocycles. The average Bonchev–Trinajstić information content (AvgIpc) is 1.57. The Bertz CT molecular complexity index is 5150. The van der Waals surface area contributed by atoms with E-state index >= 15 is 0 Å². The van der Waals surface area contributed by atoms with Gasteiger partial charge in [0.05, 0.1) is 58.8 Å². The SMILES string of the molecule is CC(C)(C)c1cc(-c2c3nc(c4c5ccc([nH]5)c(c5nc(cc6ccc2[nH]6)C=C5)-c2cccc(c2)OCCCCCCCCOc2cccc(c2)-c2c5nc(c-4c4ccc([nH]4)c(-c4cc(C(C)(C)C)cc(C(C)(C)C)c4)c4nc(cc6ccc2[nH]6)C=C4)C=C5)C=C3)cc(C(C)(C)C)c1. The molecule has 5 aliphatic heterocycles. The first kappa shape index (κ1) is 63.7. The first-order valence-electron chi connectivity index (χ1n) is 35.1. The molecule has 11 heterocycles. The molecule has 492 valence electrons. The number of benzene rings is 4. The number of nitrogens with one attached hydrogen (secondary N) is 4. The fourth-order valence-corrected chi connectivity index (χ4v) is 14.1. The summed E-state index contributed by atoms with van der Waals surface area (Å²) in [7, 11) is 0. The molecule has 10 aromatic rings. The fraction of sp³-hybridized carbons (Fsp3) is 0.273. The van der Waals surface area contributed by atoms with E-state index < -0.39 is 0 Å². The molecule has 98 heavy (non-hydrogen) atoms. The maximum absolute atomic E-state index is 6.61. The molecule has 6 aromatic heterocycles. The quantitative estimate of drug-likeness (QED) is 0.136. The first-order valence-corrected chi connectivity index (χ1v) is 35.1. The van der Waals surface area contributed by atoms with Gasteiger partial charge in [-0.1, -0.05) is 169 Å². The molecule has 4 N–H and O–H groups in total. The number of ether oxygens (including phenoxy) is 2. The standard InChI is InChI=1S/C88H88N8O2/c1-85(2,3)57-43-55(44-58(49-57)86(4,5)6)81-69-31-27-63(91-69)51-61-25-29-67(89-61)79-53-21-19-23-65(47-53)97-41-17-15-13-14-16-18-42-98-66-24-20-22-54(48-66)80-68-30-26-62(90-68)52-64-28-32-70(92-64)82(56-45-59(87(7,8)9)50-60(46-56)88(10,11)12)74-36-40-78(96-74)84(76-38-34-72(80)94-76)83(75-37-33-71(79)93-75)77-39-35-73(81)95-77/h19-40,43-52,89,92,94-95H,13-18,41-42H2,1-12H3. The Morgan fingerprint density at radius 3 is 0.959 bits per heavy atom. The minimum Gasteiger partial charge on any atom is -0.494 e. The van der Waals surface area contributed by atoms with E-state index in [4.69, 9.17) is 29.4 Å². The molecule has 0 atom stereocenters. The lowest BCUT2D eigenvalue weighted by atomic mass is 9.78. The second kappa shape index (κ2) is 25.0. The highest BCUT2D eigenvalue weighted by molar-refractivity contribution is 6.05. The monoisotopic (exact) mass is 1290 g/mol. The van der Waals surface area contributed by atoms with Crippen LogP contribution in [0.3, 0.4) is 0 Å². The molecule has 0 radical (unpaired) electrons. The Balaban J connectivity index is 1.12. The maximum atomic E-state index is 6.61. The highest BCUT2D eigenvalue weighted by atomic mass is 16.5. The predicted molar refractivity (Wildman–Crippen MR) is 412 cm³/mol. The molecule has 10 nitrogen and oxygen atoms in total. The van der Waals surface area contributed by atoms with E-state index in [0.717, 1.165) is 195 Å². The van der Waals surface area contributed by atoms with Gasteiger partial charge in [0.15, 0.2) is 0 Å². The van der Waals surface area contributed by atoms with Crippen molar-refractivity contribution in [2.75, 3.05) is 13.2 Å². The van der Waals surface area contributed by atoms with Crippen molar-refractivity contribution in [2.24, 2.45) is 0 Å². The Labute approximate surface area is 575 Å². The molecule has 0 unspecified atom stereocenters. The van der Waals surface area contributed by atoms with Crippen LogP contribution >= 0.6 is 0 Å². The number of aromatic amines is 4. The van der Waals surface area contributed by atoms with E-state index in [-0.39, 0.29) is 21.7 Å². The van der Waals surface area contributed by atoms with Crippen LogP contribution in [-0.2, 0) is 21.7 Å². The van der Waals surface area contributed by atoms with Crippen LogP contribution in [0.5, 0.6) is 11.5 Å². The molecule has 0 amide bonds. The van der Waals surface area contributed by atoms with Gasteiger partial charge in [0.25, 0.3) is 0 Å². The summed E-state index contributed by atoms with van der Waals surface area (Å²) in [6.45, 7) is 28.9. The third-order valence-corrected chi connectivity index (χ3v) is 19.6. The van der Waals surface area contributed by atoms with Gasteiger partial charge < -0.3 is 29.4 Å². The summed E-state index contributed by atoms with van der Waals surface area (Å²) in [5.41, 5.74) is 27.9. The Morgan fingerprint density at radius 2 is 0.582 bits per heavy atom. The van der Waals surface area contributed by atoms with E-state index in [1.807, 2.05) is 0 Å². The highest BCUT2D eigenvalue weighted by Gasteiger charge is 2.28. The molecule has 0 saturated carbocycles. The second-order valence-corrected chi connectivity index (χ2v) is 31.2. The van der Waals surface area contributed by atoms with E-state index in [2.05, 4.69) is 297 Å². The van der Waals surface area contributed by atoms with E-state index in [0.29, 0.717) is 13.2 Å². The number of fused-ring (bicyclic) bond motifs is 23. The van der Waals surface area contributed by atoms with E-state index in [9.17, 15) is 0 Å². The molecule has 5 aliphatic rings. The van der Waals surface area contributed by atoms with Crippen LogP contribution < -0.4 is 9.47 Å². The van der Waals surface area contributed by atoms with Crippen LogP contribution in [0, 0.1) is 0 Å². The van der Waals surface area contributed by atoms with Crippen molar-refractivity contribution < 1.29 is 9.47 Å². The summed E-state index contributed by atoms with van der Waals surface area (Å²) in [5, 5.41) is 0. The summed E-state index contributed by atoms with van der Waals surface area (Å²) in [6, 6.07) is 53.1. The minimum absolute atomic E-state index is 0.142. The highest BCUT2D eigenvalue weighted by Crippen LogP contribution is 2.45. The Hall–Kier alpha value is -10.3. The maximum Gasteiger partial charge on any atom is 0.119 e. The largest absolute Gasteiger partial charge is 0.494 e. The first-order chi connectivity index (χ1) is 47.0. The topological polar surface area (TPSA) is 133 Å². The van der Waals surface area contributed by atoms with Gasteiger partial charge in [-0.2, -0.15) is 0 Å². The van der Waals surface area contributed by atoms with Crippen LogP contribution in [0.4, 0.5) is 0 Å². The van der Waals surface area contributed by atoms with Gasteiger partial charge in [0, 0.05) is 77.5 Å². The van der Waals surface area contributed by atoms with Gasteiger partial charge in [0.1, 0.15) is 11.5 Å². The van der Waals surface area contributed by atoms with Crippen LogP contribution in [0.15, 0.2) is 146 Å². The van der Waals surface area contributed by atoms with E-state index in [1.165, 1.54) is 22.3 Å². The lowest BCUT2D eigenvalue weighted by Gasteiger charge is -2.26. The number of H-pyrrole nitrogens is 4. The van der Waals surface area contributed by atoms with Gasteiger partial charge in [-0.3, -0.25) is 0 Å². The van der Waals surface area contributed by atoms with Crippen LogP contribution in [0.25, 0.3) is 148 Å². The van der Waals surface area contributed by atoms with Crippen molar-refractivity contribution in [1.29, 1.82) is 0 Å². The molecule has 4 aromatic carbocycles. The minimum atomic E-state index is -0.142. The van der Waals surface area contributed by atoms with Crippen molar-refractivity contribution in [3.63, 3.8) is 0 Å². The average molecular weight is 1290 g/mol. The summed E-state index contributed by atoms with van der Waals surface area (Å²) in [4.78, 5) is 38.8. The Kier molecular flexibility index (Phi) is 16.2. The molecule has 0 aliphatic carbocycles. The van der Waals surface area contributed by atoms with Gasteiger partial charge in [-0.25, -0.2) is 19.9 Å². The third-order valence-electron chi connectivity index (χ3n) is 19.6. The number of nitrogens with zero attached hydrogens (tertiary/aromatic N) is 4. The van der Waals surface area contributed by atoms with E-state index in [1.54, 1.807) is 0 Å². The van der Waals surface area contributed by atoms with Crippen LogP contribution in [-0.4, -0.2) is 53.1 Å².